The fourth-order valence-electron chi connectivity index (χ4n) is 2.60. The number of anilines is 1. The van der Waals surface area contributed by atoms with Gasteiger partial charge in [-0.3, -0.25) is 9.59 Å². The molecule has 0 spiro atoms. The molecule has 2 unspecified atom stereocenters. The summed E-state index contributed by atoms with van der Waals surface area (Å²) in [5, 5.41) is 15.0. The average Bonchev–Trinajstić information content (AvgIpc) is 3.42. The van der Waals surface area contributed by atoms with Gasteiger partial charge in [-0.1, -0.05) is 13.0 Å². The zero-order chi connectivity index (χ0) is 15.7. The molecule has 0 heterocycles. The lowest BCUT2D eigenvalue weighted by Crippen LogP contribution is -2.31. The molecule has 3 rings (SSSR count). The Bertz CT molecular complexity index is 595. The summed E-state index contributed by atoms with van der Waals surface area (Å²) in [5.41, 5.74) is 1.07. The molecule has 5 nitrogen and oxygen atoms in total. The van der Waals surface area contributed by atoms with Crippen molar-refractivity contribution in [2.24, 2.45) is 17.3 Å². The van der Waals surface area contributed by atoms with Crippen molar-refractivity contribution in [1.82, 2.24) is 5.32 Å². The van der Waals surface area contributed by atoms with Gasteiger partial charge >= 0.3 is 0 Å². The highest BCUT2D eigenvalue weighted by Gasteiger charge is 2.42. The number of hydrogen-bond acceptors (Lipinski definition) is 3. The van der Waals surface area contributed by atoms with Crippen molar-refractivity contribution in [3.05, 3.63) is 29.8 Å². The molecule has 22 heavy (non-hydrogen) atoms. The Morgan fingerprint density at radius 1 is 1.36 bits per heavy atom. The van der Waals surface area contributed by atoms with Gasteiger partial charge in [0.05, 0.1) is 6.61 Å². The summed E-state index contributed by atoms with van der Waals surface area (Å²) in [4.78, 5) is 24.1. The van der Waals surface area contributed by atoms with E-state index in [1.165, 1.54) is 0 Å². The lowest BCUT2D eigenvalue weighted by molar-refractivity contribution is -0.117. The summed E-state index contributed by atoms with van der Waals surface area (Å²) in [5.74, 6) is 0.425. The zero-order valence-electron chi connectivity index (χ0n) is 12.8. The number of rotatable bonds is 6. The van der Waals surface area contributed by atoms with Gasteiger partial charge in [0.1, 0.15) is 0 Å². The molecule has 5 heteroatoms. The van der Waals surface area contributed by atoms with Crippen LogP contribution >= 0.6 is 0 Å². The first kappa shape index (κ1) is 15.0. The van der Waals surface area contributed by atoms with Crippen LogP contribution in [0.25, 0.3) is 0 Å². The highest BCUT2D eigenvalue weighted by Crippen LogP contribution is 2.44. The van der Waals surface area contributed by atoms with Crippen molar-refractivity contribution >= 4 is 17.5 Å². The molecule has 0 aliphatic heterocycles. The van der Waals surface area contributed by atoms with Gasteiger partial charge in [-0.2, -0.15) is 0 Å². The molecule has 0 aromatic heterocycles. The Kier molecular flexibility index (Phi) is 3.91. The quantitative estimate of drug-likeness (QED) is 0.749. The SMILES string of the molecule is CC1CC1C(=O)Nc1cccc(C(=O)NCC2(CO)CC2)c1. The standard InChI is InChI=1S/C17H22N2O3/c1-11-7-14(11)16(22)19-13-4-2-3-12(8-13)15(21)18-9-17(10-20)5-6-17/h2-4,8,11,14,20H,5-7,9-10H2,1H3,(H,18,21)(H,19,22). The van der Waals surface area contributed by atoms with E-state index in [9.17, 15) is 14.7 Å². The van der Waals surface area contributed by atoms with Crippen LogP contribution in [-0.2, 0) is 4.79 Å². The van der Waals surface area contributed by atoms with Crippen molar-refractivity contribution in [2.75, 3.05) is 18.5 Å². The number of carbonyl (C=O) groups is 2. The van der Waals surface area contributed by atoms with Crippen LogP contribution in [0, 0.1) is 17.3 Å². The number of aliphatic hydroxyl groups excluding tert-OH is 1. The lowest BCUT2D eigenvalue weighted by Gasteiger charge is -2.13. The van der Waals surface area contributed by atoms with Crippen LogP contribution in [0.5, 0.6) is 0 Å². The summed E-state index contributed by atoms with van der Waals surface area (Å²) in [6, 6.07) is 6.97. The van der Waals surface area contributed by atoms with Crippen molar-refractivity contribution in [3.63, 3.8) is 0 Å². The van der Waals surface area contributed by atoms with E-state index >= 15 is 0 Å². The first-order chi connectivity index (χ1) is 10.5. The third-order valence-corrected chi connectivity index (χ3v) is 4.76. The molecule has 2 amide bonds. The van der Waals surface area contributed by atoms with E-state index in [-0.39, 0.29) is 29.8 Å². The molecular weight excluding hydrogens is 280 g/mol. The maximum Gasteiger partial charge on any atom is 0.251 e. The van der Waals surface area contributed by atoms with Crippen LogP contribution in [0.4, 0.5) is 5.69 Å². The Morgan fingerprint density at radius 3 is 2.68 bits per heavy atom. The largest absolute Gasteiger partial charge is 0.396 e. The van der Waals surface area contributed by atoms with Crippen molar-refractivity contribution in [2.45, 2.75) is 26.2 Å². The van der Waals surface area contributed by atoms with E-state index in [0.29, 0.717) is 23.7 Å². The summed E-state index contributed by atoms with van der Waals surface area (Å²) in [7, 11) is 0. The van der Waals surface area contributed by atoms with Crippen LogP contribution in [0.1, 0.15) is 36.5 Å². The molecule has 3 N–H and O–H groups in total. The number of amides is 2. The first-order valence-corrected chi connectivity index (χ1v) is 7.83. The van der Waals surface area contributed by atoms with Crippen molar-refractivity contribution < 1.29 is 14.7 Å². The van der Waals surface area contributed by atoms with Gasteiger partial charge in [0, 0.05) is 29.1 Å². The molecule has 1 aromatic rings. The second kappa shape index (κ2) is 5.72. The Labute approximate surface area is 130 Å². The van der Waals surface area contributed by atoms with Gasteiger partial charge in [0.15, 0.2) is 0 Å². The van der Waals surface area contributed by atoms with Crippen LogP contribution in [0.2, 0.25) is 0 Å². The number of carbonyl (C=O) groups excluding carboxylic acids is 2. The summed E-state index contributed by atoms with van der Waals surface area (Å²) in [6.45, 7) is 2.67. The monoisotopic (exact) mass is 302 g/mol. The molecule has 0 bridgehead atoms. The molecular formula is C17H22N2O3. The second-order valence-electron chi connectivity index (χ2n) is 6.73. The van der Waals surface area contributed by atoms with Crippen LogP contribution < -0.4 is 10.6 Å². The predicted molar refractivity (Wildman–Crippen MR) is 83.4 cm³/mol. The van der Waals surface area contributed by atoms with E-state index in [0.717, 1.165) is 19.3 Å². The average molecular weight is 302 g/mol. The van der Waals surface area contributed by atoms with Gasteiger partial charge in [0.25, 0.3) is 5.91 Å². The minimum absolute atomic E-state index is 0.0299. The topological polar surface area (TPSA) is 78.4 Å². The fraction of sp³-hybridized carbons (Fsp3) is 0.529. The first-order valence-electron chi connectivity index (χ1n) is 7.83. The van der Waals surface area contributed by atoms with Crippen molar-refractivity contribution in [1.29, 1.82) is 0 Å². The normalized spacial score (nSPS) is 24.5. The molecule has 2 atom stereocenters. The van der Waals surface area contributed by atoms with E-state index in [1.54, 1.807) is 24.3 Å². The number of benzene rings is 1. The van der Waals surface area contributed by atoms with Gasteiger partial charge in [0.2, 0.25) is 5.91 Å². The third-order valence-electron chi connectivity index (χ3n) is 4.76. The Morgan fingerprint density at radius 2 is 2.09 bits per heavy atom. The molecule has 0 radical (unpaired) electrons. The number of hydrogen-bond donors (Lipinski definition) is 3. The van der Waals surface area contributed by atoms with Gasteiger partial charge < -0.3 is 15.7 Å². The molecule has 118 valence electrons. The molecule has 0 saturated heterocycles. The summed E-state index contributed by atoms with van der Waals surface area (Å²) < 4.78 is 0. The van der Waals surface area contributed by atoms with Crippen LogP contribution in [-0.4, -0.2) is 30.1 Å². The minimum atomic E-state index is -0.171. The molecule has 2 saturated carbocycles. The zero-order valence-corrected chi connectivity index (χ0v) is 12.8. The molecule has 1 aromatic carbocycles. The Balaban J connectivity index is 1.58. The van der Waals surface area contributed by atoms with Crippen molar-refractivity contribution in [3.8, 4) is 0 Å². The maximum absolute atomic E-state index is 12.2. The smallest absolute Gasteiger partial charge is 0.251 e. The van der Waals surface area contributed by atoms with E-state index in [2.05, 4.69) is 17.6 Å². The van der Waals surface area contributed by atoms with Gasteiger partial charge in [-0.05, 0) is 43.4 Å². The summed E-state index contributed by atoms with van der Waals surface area (Å²) in [6.07, 6.45) is 2.86. The molecule has 2 aliphatic carbocycles. The van der Waals surface area contributed by atoms with Crippen LogP contribution in [0.3, 0.4) is 0 Å². The van der Waals surface area contributed by atoms with Crippen LogP contribution in [0.15, 0.2) is 24.3 Å². The van der Waals surface area contributed by atoms with Gasteiger partial charge in [-0.15, -0.1) is 0 Å². The minimum Gasteiger partial charge on any atom is -0.396 e. The fourth-order valence-corrected chi connectivity index (χ4v) is 2.60. The Hall–Kier alpha value is -1.88. The maximum atomic E-state index is 12.2. The predicted octanol–water partition coefficient (Wildman–Crippen LogP) is 1.78. The number of aliphatic hydroxyl groups is 1. The lowest BCUT2D eigenvalue weighted by atomic mass is 10.1. The number of nitrogens with one attached hydrogen (secondary N) is 2. The van der Waals surface area contributed by atoms with E-state index in [1.807, 2.05) is 0 Å². The van der Waals surface area contributed by atoms with E-state index < -0.39 is 0 Å². The molecule has 2 aliphatic rings. The summed E-state index contributed by atoms with van der Waals surface area (Å²) >= 11 is 0. The van der Waals surface area contributed by atoms with Gasteiger partial charge in [-0.25, -0.2) is 0 Å². The highest BCUT2D eigenvalue weighted by atomic mass is 16.3. The highest BCUT2D eigenvalue weighted by molar-refractivity contribution is 5.98. The third kappa shape index (κ3) is 3.30. The second-order valence-corrected chi connectivity index (χ2v) is 6.73. The molecule has 2 fully saturated rings. The van der Waals surface area contributed by atoms with E-state index in [4.69, 9.17) is 0 Å².